The van der Waals surface area contributed by atoms with Gasteiger partial charge in [-0.2, -0.15) is 0 Å². The fourth-order valence-corrected chi connectivity index (χ4v) is 10.6. The highest BCUT2D eigenvalue weighted by atomic mass is 32.1. The Bertz CT molecular complexity index is 3510. The average Bonchev–Trinajstić information content (AvgIpc) is 3.95. The Morgan fingerprint density at radius 1 is 0.298 bits per heavy atom. The Balaban J connectivity index is 1.18. The van der Waals surface area contributed by atoms with Crippen LogP contribution in [-0.2, 0) is 0 Å². The van der Waals surface area contributed by atoms with Gasteiger partial charge in [0.15, 0.2) is 0 Å². The Morgan fingerprint density at radius 2 is 0.860 bits per heavy atom. The van der Waals surface area contributed by atoms with Crippen LogP contribution in [0.2, 0.25) is 0 Å². The summed E-state index contributed by atoms with van der Waals surface area (Å²) in [7, 11) is 0. The molecule has 3 heteroatoms. The first-order chi connectivity index (χ1) is 28.3. The largest absolute Gasteiger partial charge is 0.308 e. The SMILES string of the molecule is c1ccc(-c2ccccc2-n2c3ccccc3c3cccc(-c4cccc5c4c4ccccc4n5-c4ccc(-c5ccccc5)c5c4sc4ccccc45)c32)cc1. The van der Waals surface area contributed by atoms with E-state index in [4.69, 9.17) is 0 Å². The van der Waals surface area contributed by atoms with E-state index in [2.05, 4.69) is 215 Å². The highest BCUT2D eigenvalue weighted by Gasteiger charge is 2.23. The van der Waals surface area contributed by atoms with Crippen molar-refractivity contribution in [3.8, 4) is 44.8 Å². The van der Waals surface area contributed by atoms with E-state index in [0.717, 1.165) is 0 Å². The second-order valence-electron chi connectivity index (χ2n) is 14.8. The molecular formula is C54H34N2S. The minimum atomic E-state index is 1.17. The molecule has 0 aliphatic rings. The molecule has 0 bridgehead atoms. The first-order valence-electron chi connectivity index (χ1n) is 19.5. The van der Waals surface area contributed by atoms with Crippen molar-refractivity contribution in [1.29, 1.82) is 0 Å². The fourth-order valence-electron chi connectivity index (χ4n) is 9.37. The second kappa shape index (κ2) is 12.7. The molecule has 0 N–H and O–H groups in total. The topological polar surface area (TPSA) is 9.86 Å². The highest BCUT2D eigenvalue weighted by Crippen LogP contribution is 2.48. The third-order valence-electron chi connectivity index (χ3n) is 11.7. The minimum absolute atomic E-state index is 1.17. The summed E-state index contributed by atoms with van der Waals surface area (Å²) in [6, 6.07) is 75.5. The molecule has 9 aromatic carbocycles. The van der Waals surface area contributed by atoms with Crippen molar-refractivity contribution in [2.45, 2.75) is 0 Å². The van der Waals surface area contributed by atoms with Gasteiger partial charge in [0.05, 0.1) is 38.1 Å². The maximum Gasteiger partial charge on any atom is 0.0641 e. The number of nitrogens with zero attached hydrogens (tertiary/aromatic N) is 2. The summed E-state index contributed by atoms with van der Waals surface area (Å²) < 4.78 is 7.61. The van der Waals surface area contributed by atoms with Crippen molar-refractivity contribution < 1.29 is 0 Å². The Labute approximate surface area is 333 Å². The van der Waals surface area contributed by atoms with E-state index in [-0.39, 0.29) is 0 Å². The Morgan fingerprint density at radius 3 is 1.67 bits per heavy atom. The smallest absolute Gasteiger partial charge is 0.0641 e. The van der Waals surface area contributed by atoms with E-state index in [1.807, 2.05) is 11.3 Å². The molecule has 3 aromatic heterocycles. The van der Waals surface area contributed by atoms with Crippen LogP contribution in [0.25, 0.3) is 109 Å². The maximum absolute atomic E-state index is 2.51. The molecule has 0 saturated heterocycles. The van der Waals surface area contributed by atoms with E-state index in [1.54, 1.807) is 0 Å². The van der Waals surface area contributed by atoms with Gasteiger partial charge >= 0.3 is 0 Å². The van der Waals surface area contributed by atoms with Gasteiger partial charge in [0.1, 0.15) is 0 Å². The van der Waals surface area contributed by atoms with Gasteiger partial charge in [-0.25, -0.2) is 0 Å². The van der Waals surface area contributed by atoms with Gasteiger partial charge in [0, 0.05) is 48.1 Å². The predicted octanol–water partition coefficient (Wildman–Crippen LogP) is 15.2. The van der Waals surface area contributed by atoms with Crippen LogP contribution in [0.4, 0.5) is 0 Å². The van der Waals surface area contributed by atoms with E-state index in [9.17, 15) is 0 Å². The summed E-state index contributed by atoms with van der Waals surface area (Å²) in [5.41, 5.74) is 14.5. The Hall–Kier alpha value is -7.20. The average molecular weight is 743 g/mol. The molecule has 12 aromatic rings. The molecule has 2 nitrogen and oxygen atoms in total. The number of thiophene rings is 1. The standard InChI is InChI=1S/C54H34N2S/c1-3-17-35(18-4-1)37-21-7-11-28-45(37)56-46-29-12-8-22-39(46)41-26-15-27-42(53(41)56)40-25-16-31-48-51(40)43-23-9-13-30-47(43)55(48)49-34-33-38(36-19-5-2-6-20-36)52-44-24-10-14-32-50(44)57-54(49)52/h1-34H. The lowest BCUT2D eigenvalue weighted by molar-refractivity contribution is 1.18. The van der Waals surface area contributed by atoms with Crippen molar-refractivity contribution in [3.05, 3.63) is 206 Å². The lowest BCUT2D eigenvalue weighted by Gasteiger charge is -2.16. The van der Waals surface area contributed by atoms with Gasteiger partial charge in [-0.15, -0.1) is 11.3 Å². The molecular weight excluding hydrogens is 709 g/mol. The lowest BCUT2D eigenvalue weighted by atomic mass is 9.97. The number of fused-ring (bicyclic) bond motifs is 9. The molecule has 0 fully saturated rings. The zero-order valence-corrected chi connectivity index (χ0v) is 31.7. The molecule has 0 unspecified atom stereocenters. The molecule has 0 radical (unpaired) electrons. The predicted molar refractivity (Wildman–Crippen MR) is 244 cm³/mol. The number of hydrogen-bond donors (Lipinski definition) is 0. The molecule has 0 aliphatic heterocycles. The van der Waals surface area contributed by atoms with E-state index in [0.29, 0.717) is 0 Å². The van der Waals surface area contributed by atoms with Gasteiger partial charge in [-0.1, -0.05) is 170 Å². The second-order valence-corrected chi connectivity index (χ2v) is 15.8. The summed E-state index contributed by atoms with van der Waals surface area (Å²) in [5.74, 6) is 0. The van der Waals surface area contributed by atoms with Crippen LogP contribution < -0.4 is 0 Å². The number of hydrogen-bond acceptors (Lipinski definition) is 1. The lowest BCUT2D eigenvalue weighted by Crippen LogP contribution is -1.98. The van der Waals surface area contributed by atoms with Gasteiger partial charge in [-0.05, 0) is 58.7 Å². The molecule has 0 amide bonds. The zero-order valence-electron chi connectivity index (χ0n) is 30.9. The molecule has 57 heavy (non-hydrogen) atoms. The van der Waals surface area contributed by atoms with Crippen molar-refractivity contribution in [3.63, 3.8) is 0 Å². The third-order valence-corrected chi connectivity index (χ3v) is 12.9. The molecule has 0 atom stereocenters. The summed E-state index contributed by atoms with van der Waals surface area (Å²) in [4.78, 5) is 0. The zero-order chi connectivity index (χ0) is 37.5. The summed E-state index contributed by atoms with van der Waals surface area (Å²) in [6.07, 6.45) is 0. The summed E-state index contributed by atoms with van der Waals surface area (Å²) in [6.45, 7) is 0. The van der Waals surface area contributed by atoms with Crippen molar-refractivity contribution in [2.75, 3.05) is 0 Å². The number of para-hydroxylation sites is 4. The molecule has 0 spiro atoms. The number of rotatable bonds is 5. The molecule has 0 aliphatic carbocycles. The van der Waals surface area contributed by atoms with Gasteiger partial charge in [0.25, 0.3) is 0 Å². The van der Waals surface area contributed by atoms with Crippen molar-refractivity contribution in [2.24, 2.45) is 0 Å². The van der Waals surface area contributed by atoms with Crippen LogP contribution in [-0.4, -0.2) is 9.13 Å². The van der Waals surface area contributed by atoms with Gasteiger partial charge in [0.2, 0.25) is 0 Å². The van der Waals surface area contributed by atoms with Crippen LogP contribution in [0.3, 0.4) is 0 Å². The van der Waals surface area contributed by atoms with Crippen LogP contribution in [0.1, 0.15) is 0 Å². The van der Waals surface area contributed by atoms with Crippen LogP contribution in [0.5, 0.6) is 0 Å². The first-order valence-corrected chi connectivity index (χ1v) is 20.3. The first kappa shape index (κ1) is 32.1. The van der Waals surface area contributed by atoms with Gasteiger partial charge in [-0.3, -0.25) is 0 Å². The van der Waals surface area contributed by atoms with Crippen LogP contribution in [0.15, 0.2) is 206 Å². The van der Waals surface area contributed by atoms with Gasteiger partial charge < -0.3 is 9.13 Å². The monoisotopic (exact) mass is 742 g/mol. The molecule has 3 heterocycles. The van der Waals surface area contributed by atoms with Crippen molar-refractivity contribution in [1.82, 2.24) is 9.13 Å². The Kier molecular flexibility index (Phi) is 7.13. The number of benzene rings is 9. The van der Waals surface area contributed by atoms with E-state index in [1.165, 1.54) is 109 Å². The molecule has 12 rings (SSSR count). The maximum atomic E-state index is 2.51. The van der Waals surface area contributed by atoms with Crippen LogP contribution in [0, 0.1) is 0 Å². The summed E-state index contributed by atoms with van der Waals surface area (Å²) in [5, 5.41) is 7.61. The summed E-state index contributed by atoms with van der Waals surface area (Å²) >= 11 is 1.89. The molecule has 266 valence electrons. The number of aromatic nitrogens is 2. The van der Waals surface area contributed by atoms with Crippen LogP contribution >= 0.6 is 11.3 Å². The minimum Gasteiger partial charge on any atom is -0.308 e. The van der Waals surface area contributed by atoms with Crippen molar-refractivity contribution >= 4 is 75.1 Å². The third kappa shape index (κ3) is 4.76. The molecule has 0 saturated carbocycles. The van der Waals surface area contributed by atoms with E-state index < -0.39 is 0 Å². The van der Waals surface area contributed by atoms with E-state index >= 15 is 0 Å². The normalized spacial score (nSPS) is 11.9. The fraction of sp³-hybridized carbons (Fsp3) is 0. The highest BCUT2D eigenvalue weighted by molar-refractivity contribution is 7.26. The quantitative estimate of drug-likeness (QED) is 0.166.